The summed E-state index contributed by atoms with van der Waals surface area (Å²) >= 11 is 0. The van der Waals surface area contributed by atoms with Crippen LogP contribution in [0.2, 0.25) is 18.1 Å². The molecule has 0 aromatic rings. The quantitative estimate of drug-likeness (QED) is 0.282. The van der Waals surface area contributed by atoms with E-state index in [4.69, 9.17) is 4.43 Å². The van der Waals surface area contributed by atoms with Crippen molar-refractivity contribution in [3.8, 4) is 0 Å². The summed E-state index contributed by atoms with van der Waals surface area (Å²) in [6.45, 7) is 19.9. The van der Waals surface area contributed by atoms with Crippen molar-refractivity contribution in [1.82, 2.24) is 4.90 Å². The molecular weight excluding hydrogens is 362 g/mol. The highest BCUT2D eigenvalue weighted by molar-refractivity contribution is 6.74. The molecule has 28 heavy (non-hydrogen) atoms. The lowest BCUT2D eigenvalue weighted by atomic mass is 9.89. The molecule has 0 atom stereocenters. The number of unbranched alkanes of at least 4 members (excludes halogenated alkanes) is 3. The molecule has 0 saturated heterocycles. The van der Waals surface area contributed by atoms with Crippen molar-refractivity contribution in [2.24, 2.45) is 5.41 Å². The first-order chi connectivity index (χ1) is 12.8. The molecule has 0 unspecified atom stereocenters. The van der Waals surface area contributed by atoms with Gasteiger partial charge in [-0.05, 0) is 49.2 Å². The van der Waals surface area contributed by atoms with Crippen LogP contribution in [-0.2, 0) is 9.22 Å². The molecule has 1 saturated carbocycles. The average molecular weight is 412 g/mol. The molecule has 1 aliphatic carbocycles. The SMILES string of the molecule is CC(C)(C)CC(=O)N(CCCCCCO[Si](C)(C)C(C)(C)C)C1CCCCC1. The summed E-state index contributed by atoms with van der Waals surface area (Å²) in [6, 6.07) is 0.491. The first-order valence-corrected chi connectivity index (χ1v) is 14.7. The van der Waals surface area contributed by atoms with Crippen LogP contribution in [0.3, 0.4) is 0 Å². The van der Waals surface area contributed by atoms with Crippen molar-refractivity contribution in [2.45, 2.75) is 130 Å². The Hall–Kier alpha value is -0.353. The predicted molar refractivity (Wildman–Crippen MR) is 124 cm³/mol. The molecule has 0 aliphatic heterocycles. The van der Waals surface area contributed by atoms with Gasteiger partial charge in [0.05, 0.1) is 0 Å². The van der Waals surface area contributed by atoms with Crippen LogP contribution in [-0.4, -0.2) is 38.3 Å². The largest absolute Gasteiger partial charge is 0.417 e. The summed E-state index contributed by atoms with van der Waals surface area (Å²) in [5, 5.41) is 0.293. The number of amides is 1. The van der Waals surface area contributed by atoms with Gasteiger partial charge in [-0.25, -0.2) is 0 Å². The molecule has 1 fully saturated rings. The topological polar surface area (TPSA) is 29.5 Å². The Balaban J connectivity index is 2.37. The van der Waals surface area contributed by atoms with E-state index in [1.54, 1.807) is 0 Å². The summed E-state index contributed by atoms with van der Waals surface area (Å²) in [7, 11) is -1.60. The highest BCUT2D eigenvalue weighted by Gasteiger charge is 2.36. The van der Waals surface area contributed by atoms with Crippen molar-refractivity contribution < 1.29 is 9.22 Å². The number of carbonyl (C=O) groups excluding carboxylic acids is 1. The van der Waals surface area contributed by atoms with E-state index >= 15 is 0 Å². The molecule has 0 N–H and O–H groups in total. The second kappa shape index (κ2) is 11.2. The molecule has 0 aromatic carbocycles. The van der Waals surface area contributed by atoms with Crippen LogP contribution in [0, 0.1) is 5.41 Å². The minimum atomic E-state index is -1.60. The number of carbonyl (C=O) groups is 1. The van der Waals surface area contributed by atoms with Gasteiger partial charge in [-0.1, -0.05) is 73.6 Å². The van der Waals surface area contributed by atoms with Gasteiger partial charge in [0, 0.05) is 25.6 Å². The van der Waals surface area contributed by atoms with Crippen molar-refractivity contribution in [2.75, 3.05) is 13.2 Å². The molecule has 0 radical (unpaired) electrons. The molecule has 1 amide bonds. The van der Waals surface area contributed by atoms with Gasteiger partial charge in [-0.15, -0.1) is 0 Å². The van der Waals surface area contributed by atoms with Crippen molar-refractivity contribution in [3.05, 3.63) is 0 Å². The Kier molecular flexibility index (Phi) is 10.2. The van der Waals surface area contributed by atoms with Gasteiger partial charge < -0.3 is 9.33 Å². The Morgan fingerprint density at radius 2 is 1.50 bits per heavy atom. The third kappa shape index (κ3) is 9.43. The van der Waals surface area contributed by atoms with Gasteiger partial charge in [-0.2, -0.15) is 0 Å². The van der Waals surface area contributed by atoms with Gasteiger partial charge in [0.1, 0.15) is 0 Å². The van der Waals surface area contributed by atoms with E-state index in [2.05, 4.69) is 59.5 Å². The van der Waals surface area contributed by atoms with Crippen LogP contribution in [0.1, 0.15) is 106 Å². The van der Waals surface area contributed by atoms with Crippen LogP contribution in [0.4, 0.5) is 0 Å². The van der Waals surface area contributed by atoms with Crippen molar-refractivity contribution in [3.63, 3.8) is 0 Å². The molecule has 0 aromatic heterocycles. The number of hydrogen-bond donors (Lipinski definition) is 0. The predicted octanol–water partition coefficient (Wildman–Crippen LogP) is 7.17. The molecule has 166 valence electrons. The molecule has 3 nitrogen and oxygen atoms in total. The van der Waals surface area contributed by atoms with Gasteiger partial charge in [0.2, 0.25) is 5.91 Å². The standard InChI is InChI=1S/C24H49NO2Si/c1-23(2,3)20-22(26)25(21-16-12-11-13-17-21)18-14-9-10-15-19-27-28(7,8)24(4,5)6/h21H,9-20H2,1-8H3. The first-order valence-electron chi connectivity index (χ1n) is 11.8. The Bertz CT molecular complexity index is 456. The van der Waals surface area contributed by atoms with E-state index in [1.165, 1.54) is 44.9 Å². The fourth-order valence-corrected chi connectivity index (χ4v) is 4.83. The summed E-state index contributed by atoms with van der Waals surface area (Å²) in [6.07, 6.45) is 11.7. The lowest BCUT2D eigenvalue weighted by Gasteiger charge is -2.36. The van der Waals surface area contributed by atoms with Crippen LogP contribution in [0.5, 0.6) is 0 Å². The third-order valence-corrected chi connectivity index (χ3v) is 11.1. The maximum atomic E-state index is 12.9. The zero-order valence-electron chi connectivity index (χ0n) is 20.3. The fraction of sp³-hybridized carbons (Fsp3) is 0.958. The smallest absolute Gasteiger partial charge is 0.223 e. The fourth-order valence-electron chi connectivity index (χ4n) is 3.74. The van der Waals surface area contributed by atoms with Gasteiger partial charge in [0.25, 0.3) is 0 Å². The zero-order valence-corrected chi connectivity index (χ0v) is 21.3. The summed E-state index contributed by atoms with van der Waals surface area (Å²) in [5.74, 6) is 0.376. The van der Waals surface area contributed by atoms with Gasteiger partial charge in [0.15, 0.2) is 8.32 Å². The lowest BCUT2D eigenvalue weighted by molar-refractivity contribution is -0.136. The normalized spacial score (nSPS) is 17.0. The van der Waals surface area contributed by atoms with Crippen LogP contribution < -0.4 is 0 Å². The number of rotatable bonds is 10. The molecular formula is C24H49NO2Si. The van der Waals surface area contributed by atoms with Crippen LogP contribution in [0.25, 0.3) is 0 Å². The van der Waals surface area contributed by atoms with Crippen LogP contribution in [0.15, 0.2) is 0 Å². The number of nitrogens with zero attached hydrogens (tertiary/aromatic N) is 1. The first kappa shape index (κ1) is 25.7. The molecule has 0 spiro atoms. The van der Waals surface area contributed by atoms with E-state index in [-0.39, 0.29) is 5.41 Å². The molecule has 0 bridgehead atoms. The summed E-state index contributed by atoms with van der Waals surface area (Å²) in [4.78, 5) is 15.2. The minimum absolute atomic E-state index is 0.0745. The zero-order chi connectivity index (χ0) is 21.4. The van der Waals surface area contributed by atoms with Crippen molar-refractivity contribution >= 4 is 14.2 Å². The summed E-state index contributed by atoms with van der Waals surface area (Å²) < 4.78 is 6.28. The Labute approximate surface area is 177 Å². The second-order valence-electron chi connectivity index (χ2n) is 11.6. The monoisotopic (exact) mass is 411 g/mol. The Morgan fingerprint density at radius 3 is 2.04 bits per heavy atom. The van der Waals surface area contributed by atoms with E-state index in [1.807, 2.05) is 0 Å². The average Bonchev–Trinajstić information content (AvgIpc) is 2.55. The number of hydrogen-bond acceptors (Lipinski definition) is 2. The molecule has 1 aliphatic rings. The highest BCUT2D eigenvalue weighted by atomic mass is 28.4. The maximum absolute atomic E-state index is 12.9. The molecule has 1 rings (SSSR count). The lowest BCUT2D eigenvalue weighted by Crippen LogP contribution is -2.43. The van der Waals surface area contributed by atoms with E-state index in [9.17, 15) is 4.79 Å². The third-order valence-electron chi connectivity index (χ3n) is 6.58. The van der Waals surface area contributed by atoms with Gasteiger partial charge in [-0.3, -0.25) is 4.79 Å². The van der Waals surface area contributed by atoms with E-state index in [0.717, 1.165) is 26.0 Å². The second-order valence-corrected chi connectivity index (χ2v) is 16.4. The van der Waals surface area contributed by atoms with Gasteiger partial charge >= 0.3 is 0 Å². The summed E-state index contributed by atoms with van der Waals surface area (Å²) in [5.41, 5.74) is 0.0745. The van der Waals surface area contributed by atoms with E-state index < -0.39 is 8.32 Å². The van der Waals surface area contributed by atoms with Crippen molar-refractivity contribution in [1.29, 1.82) is 0 Å². The minimum Gasteiger partial charge on any atom is -0.417 e. The molecule has 4 heteroatoms. The maximum Gasteiger partial charge on any atom is 0.223 e. The molecule has 0 heterocycles. The van der Waals surface area contributed by atoms with E-state index in [0.29, 0.717) is 23.4 Å². The Morgan fingerprint density at radius 1 is 0.929 bits per heavy atom. The highest BCUT2D eigenvalue weighted by Crippen LogP contribution is 2.36. The van der Waals surface area contributed by atoms with Crippen LogP contribution >= 0.6 is 0 Å².